The van der Waals surface area contributed by atoms with E-state index in [1.165, 1.54) is 205 Å². The van der Waals surface area contributed by atoms with Crippen LogP contribution < -0.4 is 0 Å². The maximum absolute atomic E-state index is 13.0. The monoisotopic (exact) mass is 1240 g/mol. The third-order valence-corrected chi connectivity index (χ3v) is 16.0. The molecule has 512 valence electrons. The molecule has 0 aliphatic carbocycles. The van der Waals surface area contributed by atoms with Gasteiger partial charge in [-0.25, -0.2) is 4.79 Å². The highest BCUT2D eigenvalue weighted by atomic mass is 16.7. The number of rotatable bonds is 68. The van der Waals surface area contributed by atoms with E-state index in [2.05, 4.69) is 123 Å². The Labute approximate surface area is 549 Å². The molecule has 2 unspecified atom stereocenters. The van der Waals surface area contributed by atoms with Crippen molar-refractivity contribution in [3.8, 4) is 0 Å². The second kappa shape index (κ2) is 69.8. The number of nitrogens with zero attached hydrogens (tertiary/aromatic N) is 1. The molecule has 0 aromatic heterocycles. The fourth-order valence-electron chi connectivity index (χ4n) is 10.4. The molecule has 9 nitrogen and oxygen atoms in total. The van der Waals surface area contributed by atoms with Crippen LogP contribution in [0.3, 0.4) is 0 Å². The van der Waals surface area contributed by atoms with E-state index >= 15 is 0 Å². The van der Waals surface area contributed by atoms with Crippen molar-refractivity contribution in [1.82, 2.24) is 0 Å². The molecule has 0 radical (unpaired) electrons. The summed E-state index contributed by atoms with van der Waals surface area (Å²) in [6, 6.07) is 0. The van der Waals surface area contributed by atoms with Gasteiger partial charge >= 0.3 is 17.9 Å². The van der Waals surface area contributed by atoms with Crippen LogP contribution >= 0.6 is 0 Å². The maximum Gasteiger partial charge on any atom is 0.361 e. The van der Waals surface area contributed by atoms with Gasteiger partial charge < -0.3 is 28.5 Å². The molecular weight excluding hydrogens is 1100 g/mol. The van der Waals surface area contributed by atoms with E-state index < -0.39 is 24.3 Å². The zero-order chi connectivity index (χ0) is 64.7. The van der Waals surface area contributed by atoms with Gasteiger partial charge in [0.05, 0.1) is 34.4 Å². The first-order valence-corrected chi connectivity index (χ1v) is 37.1. The van der Waals surface area contributed by atoms with Crippen molar-refractivity contribution in [2.24, 2.45) is 0 Å². The average molecular weight is 1240 g/mol. The number of carbonyl (C=O) groups excluding carboxylic acids is 2. The summed E-state index contributed by atoms with van der Waals surface area (Å²) in [5.41, 5.74) is 0. The number of quaternary nitrogens is 1. The van der Waals surface area contributed by atoms with Crippen molar-refractivity contribution in [1.29, 1.82) is 0 Å². The van der Waals surface area contributed by atoms with Gasteiger partial charge in [0.15, 0.2) is 6.10 Å². The molecule has 0 bridgehead atoms. The number of carboxylic acids is 1. The highest BCUT2D eigenvalue weighted by Gasteiger charge is 2.25. The summed E-state index contributed by atoms with van der Waals surface area (Å²) in [5.74, 6) is -2.00. The highest BCUT2D eigenvalue weighted by Crippen LogP contribution is 2.18. The van der Waals surface area contributed by atoms with Crippen molar-refractivity contribution in [3.05, 3.63) is 109 Å². The first kappa shape index (κ1) is 85.0. The minimum absolute atomic E-state index is 0.185. The Kier molecular flexibility index (Phi) is 66.7. The number of aliphatic carboxylic acids is 1. The molecule has 0 saturated carbocycles. The number of hydrogen-bond donors (Lipinski definition) is 1. The van der Waals surface area contributed by atoms with Gasteiger partial charge in [-0.05, 0) is 103 Å². The molecule has 0 heterocycles. The zero-order valence-corrected chi connectivity index (χ0v) is 58.6. The molecule has 0 saturated heterocycles. The van der Waals surface area contributed by atoms with Gasteiger partial charge in [-0.15, -0.1) is 0 Å². The molecule has 0 amide bonds. The Morgan fingerprint density at radius 1 is 0.348 bits per heavy atom. The van der Waals surface area contributed by atoms with Crippen LogP contribution in [0.15, 0.2) is 109 Å². The summed E-state index contributed by atoms with van der Waals surface area (Å²) in [6.45, 7) is 4.78. The van der Waals surface area contributed by atoms with E-state index in [0.717, 1.165) is 89.9 Å². The standard InChI is InChI=1S/C80H139NO8/c1-6-8-10-12-14-16-18-20-22-24-26-28-30-32-33-34-35-36-37-38-39-40-41-42-43-44-45-47-49-51-53-55-57-59-61-63-65-67-69-71-78(83)89-76(75-88-80(79(84)85)86-73-72-81(3,4)5)74-87-77(82)70-68-66-64-62-60-58-56-54-52-50-48-46-31-29-27-25-23-21-19-17-15-13-11-9-7-2/h8,10,14,16,19-22,25-28,31-33,35-36,46,76,80H,6-7,9,11-13,15,17-18,23-24,29-30,34,37-45,47-75H2,1-5H3/p+1/b10-8-,16-14-,21-19-,22-20-,27-25-,28-26-,33-32-,36-35-,46-31-. The quantitative estimate of drug-likeness (QED) is 0.0211. The lowest BCUT2D eigenvalue weighted by Crippen LogP contribution is -2.40. The van der Waals surface area contributed by atoms with E-state index in [1.54, 1.807) is 0 Å². The molecule has 9 heteroatoms. The Balaban J connectivity index is 4.05. The summed E-state index contributed by atoms with van der Waals surface area (Å²) in [5, 5.41) is 9.76. The van der Waals surface area contributed by atoms with Crippen molar-refractivity contribution in [3.63, 3.8) is 0 Å². The van der Waals surface area contributed by atoms with Crippen LogP contribution in [0.1, 0.15) is 322 Å². The molecule has 0 rings (SSSR count). The number of unbranched alkanes of at least 4 members (excludes halogenated alkanes) is 35. The van der Waals surface area contributed by atoms with E-state index in [1.807, 2.05) is 21.1 Å². The Morgan fingerprint density at radius 3 is 0.955 bits per heavy atom. The predicted molar refractivity (Wildman–Crippen MR) is 382 cm³/mol. The summed E-state index contributed by atoms with van der Waals surface area (Å²) in [6.07, 6.45) is 95.0. The summed E-state index contributed by atoms with van der Waals surface area (Å²) in [4.78, 5) is 37.7. The Bertz CT molecular complexity index is 1830. The van der Waals surface area contributed by atoms with Crippen molar-refractivity contribution in [2.75, 3.05) is 47.5 Å². The molecule has 0 aromatic carbocycles. The van der Waals surface area contributed by atoms with Crippen molar-refractivity contribution >= 4 is 17.9 Å². The normalized spacial score (nSPS) is 13.3. The van der Waals surface area contributed by atoms with Crippen LogP contribution in [-0.2, 0) is 33.3 Å². The van der Waals surface area contributed by atoms with Crippen LogP contribution in [0.2, 0.25) is 0 Å². The number of carboxylic acid groups (broad SMARTS) is 1. The maximum atomic E-state index is 13.0. The SMILES string of the molecule is CC/C=C\C/C=C\C/C=C\C/C=C\C/C=C\C/C=C\CCCCCCCCCCCCCCCCCCCCCCC(=O)OC(COC(=O)CCCCCCCCCCCC/C=C\C/C=C\C/C=C\CCCCCCC)COC(OCC[N+](C)(C)C)C(=O)O. The number of carbonyl (C=O) groups is 3. The number of esters is 2. The second-order valence-corrected chi connectivity index (χ2v) is 25.9. The van der Waals surface area contributed by atoms with Gasteiger partial charge in [0.25, 0.3) is 6.29 Å². The molecule has 0 fully saturated rings. The fourth-order valence-corrected chi connectivity index (χ4v) is 10.4. The second-order valence-electron chi connectivity index (χ2n) is 25.9. The van der Waals surface area contributed by atoms with E-state index in [9.17, 15) is 19.5 Å². The number of likely N-dealkylation sites (N-methyl/N-ethyl adjacent to an activating group) is 1. The van der Waals surface area contributed by atoms with Crippen LogP contribution in [0.25, 0.3) is 0 Å². The molecule has 0 aliphatic heterocycles. The summed E-state index contributed by atoms with van der Waals surface area (Å²) < 4.78 is 23.0. The fraction of sp³-hybridized carbons (Fsp3) is 0.738. The third kappa shape index (κ3) is 71.3. The van der Waals surface area contributed by atoms with Gasteiger partial charge in [0, 0.05) is 12.8 Å². The summed E-state index contributed by atoms with van der Waals surface area (Å²) >= 11 is 0. The number of hydrogen-bond acceptors (Lipinski definition) is 7. The van der Waals surface area contributed by atoms with Crippen molar-refractivity contribution < 1.29 is 42.9 Å². The van der Waals surface area contributed by atoms with Gasteiger partial charge in [0.2, 0.25) is 0 Å². The van der Waals surface area contributed by atoms with Gasteiger partial charge in [-0.3, -0.25) is 9.59 Å². The van der Waals surface area contributed by atoms with Gasteiger partial charge in [0.1, 0.15) is 13.2 Å². The molecule has 2 atom stereocenters. The predicted octanol–water partition coefficient (Wildman–Crippen LogP) is 23.4. The van der Waals surface area contributed by atoms with Crippen LogP contribution in [-0.4, -0.2) is 87.4 Å². The van der Waals surface area contributed by atoms with Crippen molar-refractivity contribution in [2.45, 2.75) is 334 Å². The highest BCUT2D eigenvalue weighted by molar-refractivity contribution is 5.71. The minimum Gasteiger partial charge on any atom is -0.477 e. The molecule has 0 spiro atoms. The minimum atomic E-state index is -1.52. The van der Waals surface area contributed by atoms with Crippen LogP contribution in [0.5, 0.6) is 0 Å². The lowest BCUT2D eigenvalue weighted by Gasteiger charge is -2.25. The first-order valence-electron chi connectivity index (χ1n) is 37.1. The van der Waals surface area contributed by atoms with E-state index in [0.29, 0.717) is 17.4 Å². The number of allylic oxidation sites excluding steroid dienone is 18. The molecule has 0 aliphatic rings. The lowest BCUT2D eigenvalue weighted by molar-refractivity contribution is -0.870. The smallest absolute Gasteiger partial charge is 0.361 e. The Hall–Kier alpha value is -4.05. The summed E-state index contributed by atoms with van der Waals surface area (Å²) in [7, 11) is 5.98. The molecule has 0 aromatic rings. The average Bonchev–Trinajstić information content (AvgIpc) is 3.64. The topological polar surface area (TPSA) is 108 Å². The van der Waals surface area contributed by atoms with E-state index in [-0.39, 0.29) is 32.2 Å². The van der Waals surface area contributed by atoms with Crippen LogP contribution in [0, 0.1) is 0 Å². The van der Waals surface area contributed by atoms with Gasteiger partial charge in [-0.1, -0.05) is 316 Å². The molecule has 89 heavy (non-hydrogen) atoms. The Morgan fingerprint density at radius 2 is 0.640 bits per heavy atom. The molecular formula is C80H140NO8+. The third-order valence-electron chi connectivity index (χ3n) is 16.0. The largest absolute Gasteiger partial charge is 0.477 e. The van der Waals surface area contributed by atoms with Crippen LogP contribution in [0.4, 0.5) is 0 Å². The first-order chi connectivity index (χ1) is 43.6. The lowest BCUT2D eigenvalue weighted by atomic mass is 10.0. The zero-order valence-electron chi connectivity index (χ0n) is 58.6. The number of ether oxygens (including phenoxy) is 4. The van der Waals surface area contributed by atoms with E-state index in [4.69, 9.17) is 18.9 Å². The molecule has 1 N–H and O–H groups in total. The van der Waals surface area contributed by atoms with Gasteiger partial charge in [-0.2, -0.15) is 0 Å².